The summed E-state index contributed by atoms with van der Waals surface area (Å²) < 4.78 is 0. The second-order valence-corrected chi connectivity index (χ2v) is 9.34. The maximum atomic E-state index is 11.3. The van der Waals surface area contributed by atoms with Crippen LogP contribution in [-0.2, 0) is 5.41 Å². The average molecular weight is 475 g/mol. The Morgan fingerprint density at radius 3 is 1.89 bits per heavy atom. The molecule has 0 saturated carbocycles. The van der Waals surface area contributed by atoms with E-state index >= 15 is 0 Å². The Morgan fingerprint density at radius 1 is 0.833 bits per heavy atom. The molecule has 4 rings (SSSR count). The molecule has 0 fully saturated rings. The van der Waals surface area contributed by atoms with Crippen molar-refractivity contribution in [2.24, 2.45) is 0 Å². The molecule has 0 spiro atoms. The van der Waals surface area contributed by atoms with Crippen molar-refractivity contribution in [2.75, 3.05) is 4.90 Å². The lowest BCUT2D eigenvalue weighted by Crippen LogP contribution is -2.20. The van der Waals surface area contributed by atoms with Gasteiger partial charge in [0.1, 0.15) is 0 Å². The molecule has 0 aromatic heterocycles. The molecule has 0 saturated heterocycles. The lowest BCUT2D eigenvalue weighted by Gasteiger charge is -2.28. The Labute approximate surface area is 213 Å². The van der Waals surface area contributed by atoms with Gasteiger partial charge in [-0.05, 0) is 65.6 Å². The first-order valence-corrected chi connectivity index (χ1v) is 11.9. The van der Waals surface area contributed by atoms with Gasteiger partial charge in [-0.1, -0.05) is 87.2 Å². The number of para-hydroxylation sites is 2. The van der Waals surface area contributed by atoms with Gasteiger partial charge in [0, 0.05) is 34.6 Å². The van der Waals surface area contributed by atoms with Crippen LogP contribution in [0.25, 0.3) is 6.08 Å². The summed E-state index contributed by atoms with van der Waals surface area (Å²) >= 11 is 0. The SMILES string of the molecule is C=C(/C=C/c1ccc(N(c2ccccc2)c2ccccc2)cc1)C(C)(C)c1cc([N+](=O)[O-])ccc1C. The van der Waals surface area contributed by atoms with Crippen molar-refractivity contribution in [3.8, 4) is 0 Å². The van der Waals surface area contributed by atoms with Crippen molar-refractivity contribution in [1.29, 1.82) is 0 Å². The summed E-state index contributed by atoms with van der Waals surface area (Å²) in [5, 5.41) is 11.3. The van der Waals surface area contributed by atoms with E-state index < -0.39 is 5.41 Å². The van der Waals surface area contributed by atoms with Crippen LogP contribution in [0.1, 0.15) is 30.5 Å². The molecule has 0 aliphatic rings. The minimum atomic E-state index is -0.454. The van der Waals surface area contributed by atoms with E-state index in [1.165, 1.54) is 0 Å². The number of aryl methyl sites for hydroxylation is 1. The van der Waals surface area contributed by atoms with Crippen LogP contribution in [0.5, 0.6) is 0 Å². The molecule has 0 aliphatic carbocycles. The van der Waals surface area contributed by atoms with Crippen molar-refractivity contribution in [1.82, 2.24) is 0 Å². The number of nitrogens with zero attached hydrogens (tertiary/aromatic N) is 2. The summed E-state index contributed by atoms with van der Waals surface area (Å²) in [6.45, 7) is 10.4. The maximum Gasteiger partial charge on any atom is 0.269 e. The van der Waals surface area contributed by atoms with Gasteiger partial charge in [-0.3, -0.25) is 10.1 Å². The molecule has 0 amide bonds. The van der Waals surface area contributed by atoms with Crippen LogP contribution in [0.3, 0.4) is 0 Å². The highest BCUT2D eigenvalue weighted by atomic mass is 16.6. The van der Waals surface area contributed by atoms with E-state index in [1.807, 2.05) is 69.3 Å². The topological polar surface area (TPSA) is 46.4 Å². The number of rotatable bonds is 8. The Morgan fingerprint density at radius 2 is 1.36 bits per heavy atom. The minimum absolute atomic E-state index is 0.0948. The zero-order valence-corrected chi connectivity index (χ0v) is 20.9. The number of non-ortho nitro benzene ring substituents is 1. The summed E-state index contributed by atoms with van der Waals surface area (Å²) in [4.78, 5) is 13.2. The molecule has 0 aliphatic heterocycles. The highest BCUT2D eigenvalue weighted by Gasteiger charge is 2.26. The van der Waals surface area contributed by atoms with Crippen LogP contribution >= 0.6 is 0 Å². The van der Waals surface area contributed by atoms with Gasteiger partial charge in [-0.25, -0.2) is 0 Å². The van der Waals surface area contributed by atoms with Crippen LogP contribution < -0.4 is 4.90 Å². The Hall–Kier alpha value is -4.44. The third kappa shape index (κ3) is 5.28. The molecule has 0 radical (unpaired) electrons. The molecule has 4 aromatic rings. The highest BCUT2D eigenvalue weighted by Crippen LogP contribution is 2.37. The number of benzene rings is 4. The largest absolute Gasteiger partial charge is 0.311 e. The molecule has 4 aromatic carbocycles. The van der Waals surface area contributed by atoms with Crippen molar-refractivity contribution < 1.29 is 4.92 Å². The van der Waals surface area contributed by atoms with Crippen molar-refractivity contribution in [2.45, 2.75) is 26.2 Å². The van der Waals surface area contributed by atoms with Crippen LogP contribution in [-0.4, -0.2) is 4.92 Å². The normalized spacial score (nSPS) is 11.4. The first-order valence-electron chi connectivity index (χ1n) is 11.9. The van der Waals surface area contributed by atoms with E-state index in [-0.39, 0.29) is 10.6 Å². The first kappa shape index (κ1) is 24.7. The zero-order valence-electron chi connectivity index (χ0n) is 20.9. The van der Waals surface area contributed by atoms with E-state index in [0.29, 0.717) is 0 Å². The monoisotopic (exact) mass is 474 g/mol. The van der Waals surface area contributed by atoms with Crippen LogP contribution in [0.2, 0.25) is 0 Å². The number of nitro benzene ring substituents is 1. The van der Waals surface area contributed by atoms with Crippen LogP contribution in [0, 0.1) is 17.0 Å². The molecule has 4 nitrogen and oxygen atoms in total. The quantitative estimate of drug-likeness (QED) is 0.145. The number of anilines is 3. The molecule has 0 unspecified atom stereocenters. The van der Waals surface area contributed by atoms with Crippen LogP contribution in [0.4, 0.5) is 22.7 Å². The van der Waals surface area contributed by atoms with Crippen molar-refractivity contribution in [3.63, 3.8) is 0 Å². The first-order chi connectivity index (χ1) is 17.3. The number of hydrogen-bond donors (Lipinski definition) is 0. The van der Waals surface area contributed by atoms with Gasteiger partial charge >= 0.3 is 0 Å². The lowest BCUT2D eigenvalue weighted by atomic mass is 9.76. The summed E-state index contributed by atoms with van der Waals surface area (Å²) in [7, 11) is 0. The fraction of sp³-hybridized carbons (Fsp3) is 0.125. The Kier molecular flexibility index (Phi) is 7.16. The summed E-state index contributed by atoms with van der Waals surface area (Å²) in [6, 6.07) is 34.0. The number of allylic oxidation sites excluding steroid dienone is 2. The van der Waals surface area contributed by atoms with E-state index in [2.05, 4.69) is 60.0 Å². The minimum Gasteiger partial charge on any atom is -0.311 e. The third-order valence-corrected chi connectivity index (χ3v) is 6.57. The molecule has 4 heteroatoms. The second-order valence-electron chi connectivity index (χ2n) is 9.34. The van der Waals surface area contributed by atoms with Gasteiger partial charge in [0.15, 0.2) is 0 Å². The Balaban J connectivity index is 1.58. The predicted octanol–water partition coefficient (Wildman–Crippen LogP) is 8.92. The van der Waals surface area contributed by atoms with Gasteiger partial charge in [0.2, 0.25) is 0 Å². The zero-order chi connectivity index (χ0) is 25.7. The van der Waals surface area contributed by atoms with Crippen molar-refractivity contribution >= 4 is 28.8 Å². The fourth-order valence-electron chi connectivity index (χ4n) is 4.31. The second kappa shape index (κ2) is 10.4. The molecule has 0 heterocycles. The molecule has 36 heavy (non-hydrogen) atoms. The van der Waals surface area contributed by atoms with Crippen LogP contribution in [0.15, 0.2) is 121 Å². The standard InChI is InChI=1S/C32H30N2O2/c1-24-15-20-30(34(35)36)23-31(24)32(3,4)25(2)16-17-26-18-21-29(22-19-26)33(27-11-7-5-8-12-27)28-13-9-6-10-14-28/h5-23H,2H2,1,3-4H3/b17-16+. The molecular weight excluding hydrogens is 444 g/mol. The predicted molar refractivity (Wildman–Crippen MR) is 150 cm³/mol. The maximum absolute atomic E-state index is 11.3. The molecule has 0 N–H and O–H groups in total. The molecule has 180 valence electrons. The Bertz CT molecular complexity index is 1350. The van der Waals surface area contributed by atoms with E-state index in [1.54, 1.807) is 18.2 Å². The highest BCUT2D eigenvalue weighted by molar-refractivity contribution is 5.77. The number of hydrogen-bond acceptors (Lipinski definition) is 3. The van der Waals surface area contributed by atoms with E-state index in [4.69, 9.17) is 0 Å². The molecular formula is C32H30N2O2. The molecule has 0 atom stereocenters. The van der Waals surface area contributed by atoms with E-state index in [9.17, 15) is 10.1 Å². The summed E-state index contributed by atoms with van der Waals surface area (Å²) in [5.41, 5.74) is 6.73. The van der Waals surface area contributed by atoms with Gasteiger partial charge in [0.25, 0.3) is 5.69 Å². The molecule has 0 bridgehead atoms. The van der Waals surface area contributed by atoms with Gasteiger partial charge < -0.3 is 4.90 Å². The lowest BCUT2D eigenvalue weighted by molar-refractivity contribution is -0.385. The third-order valence-electron chi connectivity index (χ3n) is 6.57. The van der Waals surface area contributed by atoms with Gasteiger partial charge in [0.05, 0.1) is 4.92 Å². The van der Waals surface area contributed by atoms with Gasteiger partial charge in [-0.15, -0.1) is 0 Å². The number of nitro groups is 1. The van der Waals surface area contributed by atoms with Crippen molar-refractivity contribution in [3.05, 3.63) is 148 Å². The smallest absolute Gasteiger partial charge is 0.269 e. The average Bonchev–Trinajstić information content (AvgIpc) is 2.89. The fourth-order valence-corrected chi connectivity index (χ4v) is 4.31. The van der Waals surface area contributed by atoms with E-state index in [0.717, 1.165) is 39.3 Å². The summed E-state index contributed by atoms with van der Waals surface area (Å²) in [5.74, 6) is 0. The summed E-state index contributed by atoms with van der Waals surface area (Å²) in [6.07, 6.45) is 4.04. The van der Waals surface area contributed by atoms with Gasteiger partial charge in [-0.2, -0.15) is 0 Å².